The molecular weight excluding hydrogens is 329 g/mol. The van der Waals surface area contributed by atoms with E-state index in [1.807, 2.05) is 54.6 Å². The number of ether oxygens (including phenoxy) is 1. The second-order valence-corrected chi connectivity index (χ2v) is 5.75. The van der Waals surface area contributed by atoms with E-state index in [9.17, 15) is 15.0 Å². The molecule has 0 aliphatic carbocycles. The Morgan fingerprint density at radius 3 is 2.32 bits per heavy atom. The van der Waals surface area contributed by atoms with Gasteiger partial charge in [0.2, 0.25) is 0 Å². The van der Waals surface area contributed by atoms with Crippen molar-refractivity contribution in [1.29, 1.82) is 0 Å². The Hall–Kier alpha value is -1.37. The first kappa shape index (κ1) is 21.7. The number of hydrogen-bond donors (Lipinski definition) is 1. The summed E-state index contributed by atoms with van der Waals surface area (Å²) < 4.78 is 5.73. The van der Waals surface area contributed by atoms with Crippen LogP contribution in [0.4, 0.5) is 0 Å². The molecule has 0 radical (unpaired) electrons. The van der Waals surface area contributed by atoms with Crippen molar-refractivity contribution < 1.29 is 49.3 Å². The predicted molar refractivity (Wildman–Crippen MR) is 89.4 cm³/mol. The largest absolute Gasteiger partial charge is 1.00 e. The third kappa shape index (κ3) is 7.59. The van der Waals surface area contributed by atoms with Gasteiger partial charge in [0.15, 0.2) is 0 Å². The molecule has 0 spiro atoms. The van der Waals surface area contributed by atoms with E-state index in [0.29, 0.717) is 13.0 Å². The number of hydrogen-bond acceptors (Lipinski definition) is 5. The van der Waals surface area contributed by atoms with Crippen LogP contribution in [0.1, 0.15) is 11.1 Å². The molecule has 0 amide bonds. The zero-order valence-corrected chi connectivity index (χ0v) is 16.7. The molecule has 2 rings (SSSR count). The van der Waals surface area contributed by atoms with Gasteiger partial charge in [0.25, 0.3) is 0 Å². The maximum Gasteiger partial charge on any atom is 1.00 e. The first-order valence-corrected chi connectivity index (χ1v) is 7.85. The van der Waals surface area contributed by atoms with Crippen molar-refractivity contribution in [1.82, 2.24) is 4.90 Å². The summed E-state index contributed by atoms with van der Waals surface area (Å²) >= 11 is 0. The topological polar surface area (TPSA) is 72.8 Å². The van der Waals surface area contributed by atoms with E-state index in [1.54, 1.807) is 11.9 Å². The first-order chi connectivity index (χ1) is 11.6. The van der Waals surface area contributed by atoms with Crippen LogP contribution in [-0.2, 0) is 17.8 Å². The summed E-state index contributed by atoms with van der Waals surface area (Å²) in [6.07, 6.45) is 0.555. The molecule has 2 aromatic rings. The molecule has 2 aromatic carbocycles. The molecule has 0 saturated heterocycles. The van der Waals surface area contributed by atoms with Gasteiger partial charge in [0.1, 0.15) is 12.4 Å². The molecule has 0 aliphatic heterocycles. The summed E-state index contributed by atoms with van der Waals surface area (Å²) in [7, 11) is 1.66. The monoisotopic (exact) mass is 351 g/mol. The Labute approximate surface area is 170 Å². The van der Waals surface area contributed by atoms with E-state index in [-0.39, 0.29) is 48.8 Å². The molecule has 5 nitrogen and oxygen atoms in total. The van der Waals surface area contributed by atoms with E-state index >= 15 is 0 Å². The molecule has 0 aromatic heterocycles. The van der Waals surface area contributed by atoms with Crippen LogP contribution < -0.4 is 39.4 Å². The number of carbonyl (C=O) groups excluding carboxylic acids is 1. The van der Waals surface area contributed by atoms with Crippen molar-refractivity contribution in [3.8, 4) is 5.75 Å². The Balaban J connectivity index is 0.00000312. The molecule has 0 unspecified atom stereocenters. The summed E-state index contributed by atoms with van der Waals surface area (Å²) in [5.74, 6) is -0.383. The van der Waals surface area contributed by atoms with Crippen molar-refractivity contribution in [2.45, 2.75) is 19.1 Å². The Morgan fingerprint density at radius 1 is 1.12 bits per heavy atom. The van der Waals surface area contributed by atoms with Crippen molar-refractivity contribution in [3.63, 3.8) is 0 Å². The summed E-state index contributed by atoms with van der Waals surface area (Å²) in [6, 6.07) is 17.3. The molecule has 25 heavy (non-hydrogen) atoms. The van der Waals surface area contributed by atoms with Crippen LogP contribution in [0.3, 0.4) is 0 Å². The second-order valence-electron chi connectivity index (χ2n) is 5.75. The summed E-state index contributed by atoms with van der Waals surface area (Å²) in [5.41, 5.74) is 2.11. The van der Waals surface area contributed by atoms with Gasteiger partial charge in [0.05, 0.1) is 12.6 Å². The van der Waals surface area contributed by atoms with E-state index in [4.69, 9.17) is 4.74 Å². The molecule has 128 valence electrons. The van der Waals surface area contributed by atoms with Gasteiger partial charge < -0.3 is 19.7 Å². The number of carbonyl (C=O) groups is 1. The minimum atomic E-state index is -1.15. The fraction of sp³-hybridized carbons (Fsp3) is 0.316. The van der Waals surface area contributed by atoms with Gasteiger partial charge in [-0.25, -0.2) is 0 Å². The van der Waals surface area contributed by atoms with E-state index in [0.717, 1.165) is 16.9 Å². The minimum Gasteiger partial charge on any atom is -0.549 e. The average Bonchev–Trinajstić information content (AvgIpc) is 2.59. The molecule has 0 saturated carbocycles. The maximum atomic E-state index is 10.7. The number of carboxylic acid groups (broad SMARTS) is 1. The summed E-state index contributed by atoms with van der Waals surface area (Å²) in [5, 5.41) is 20.1. The fourth-order valence-electron chi connectivity index (χ4n) is 2.43. The third-order valence-electron chi connectivity index (χ3n) is 3.86. The van der Waals surface area contributed by atoms with Gasteiger partial charge in [-0.3, -0.25) is 4.90 Å². The van der Waals surface area contributed by atoms with E-state index < -0.39 is 5.97 Å². The quantitative estimate of drug-likeness (QED) is 0.522. The van der Waals surface area contributed by atoms with E-state index in [2.05, 4.69) is 0 Å². The molecular formula is C19H22NNaO4. The zero-order valence-electron chi connectivity index (χ0n) is 14.7. The number of benzene rings is 2. The second kappa shape index (κ2) is 11.3. The fourth-order valence-corrected chi connectivity index (χ4v) is 2.43. The summed E-state index contributed by atoms with van der Waals surface area (Å²) in [4.78, 5) is 12.2. The van der Waals surface area contributed by atoms with Crippen LogP contribution >= 0.6 is 0 Å². The van der Waals surface area contributed by atoms with Crippen LogP contribution in [0.25, 0.3) is 0 Å². The van der Waals surface area contributed by atoms with Crippen molar-refractivity contribution in [2.24, 2.45) is 0 Å². The maximum absolute atomic E-state index is 10.7. The Morgan fingerprint density at radius 2 is 1.76 bits per heavy atom. The zero-order chi connectivity index (χ0) is 17.4. The molecule has 0 heterocycles. The van der Waals surface area contributed by atoms with Gasteiger partial charge in [-0.1, -0.05) is 42.5 Å². The molecule has 0 aliphatic rings. The van der Waals surface area contributed by atoms with Gasteiger partial charge in [0, 0.05) is 12.6 Å². The average molecular weight is 351 g/mol. The molecule has 1 N–H and O–H groups in total. The van der Waals surface area contributed by atoms with Gasteiger partial charge in [-0.15, -0.1) is 0 Å². The smallest absolute Gasteiger partial charge is 0.549 e. The summed E-state index contributed by atoms with van der Waals surface area (Å²) in [6.45, 7) is 0.188. The van der Waals surface area contributed by atoms with Crippen LogP contribution in [0.15, 0.2) is 54.6 Å². The van der Waals surface area contributed by atoms with Crippen LogP contribution in [0, 0.1) is 0 Å². The standard InChI is InChI=1S/C19H23NO4.Na/c1-20(12-19(22)23)17(13-21)11-15-7-9-18(10-8-15)24-14-16-5-3-2-4-6-16;/h2-10,17,21H,11-14H2,1H3,(H,22,23);/q;+1/p-1/t17-;/m0./s1. The Bertz CT molecular complexity index is 634. The molecule has 0 fully saturated rings. The molecule has 1 atom stereocenters. The van der Waals surface area contributed by atoms with Gasteiger partial charge in [-0.2, -0.15) is 0 Å². The van der Waals surface area contributed by atoms with Crippen LogP contribution in [0.2, 0.25) is 0 Å². The number of aliphatic hydroxyl groups excluding tert-OH is 1. The first-order valence-electron chi connectivity index (χ1n) is 7.85. The number of rotatable bonds is 9. The SMILES string of the molecule is CN(CC(=O)[O-])[C@H](CO)Cc1ccc(OCc2ccccc2)cc1.[Na+]. The Kier molecular flexibility index (Phi) is 9.78. The molecule has 0 bridgehead atoms. The van der Waals surface area contributed by atoms with Crippen molar-refractivity contribution in [3.05, 3.63) is 65.7 Å². The predicted octanol–water partition coefficient (Wildman–Crippen LogP) is -2.15. The normalized spacial score (nSPS) is 11.6. The molecule has 6 heteroatoms. The third-order valence-corrected chi connectivity index (χ3v) is 3.86. The number of likely N-dealkylation sites (N-methyl/N-ethyl adjacent to an activating group) is 1. The van der Waals surface area contributed by atoms with Crippen LogP contribution in [0.5, 0.6) is 5.75 Å². The number of aliphatic carboxylic acids is 1. The number of nitrogens with zero attached hydrogens (tertiary/aromatic N) is 1. The number of carboxylic acids is 1. The minimum absolute atomic E-state index is 0. The van der Waals surface area contributed by atoms with E-state index in [1.165, 1.54) is 0 Å². The number of aliphatic hydroxyl groups is 1. The van der Waals surface area contributed by atoms with Crippen molar-refractivity contribution in [2.75, 3.05) is 20.2 Å². The van der Waals surface area contributed by atoms with Gasteiger partial charge in [-0.05, 0) is 36.7 Å². The van der Waals surface area contributed by atoms with Crippen molar-refractivity contribution >= 4 is 5.97 Å². The van der Waals surface area contributed by atoms with Gasteiger partial charge >= 0.3 is 29.6 Å². The van der Waals surface area contributed by atoms with Crippen LogP contribution in [-0.4, -0.2) is 42.2 Å².